The monoisotopic (exact) mass is 256 g/mol. The van der Waals surface area contributed by atoms with Crippen molar-refractivity contribution < 1.29 is 4.79 Å². The van der Waals surface area contributed by atoms with Gasteiger partial charge in [-0.25, -0.2) is 4.98 Å². The molecule has 6 nitrogen and oxygen atoms in total. The van der Waals surface area contributed by atoms with Gasteiger partial charge in [0.1, 0.15) is 5.82 Å². The molecule has 0 saturated carbocycles. The molecule has 0 aliphatic rings. The average Bonchev–Trinajstić information content (AvgIpc) is 2.24. The van der Waals surface area contributed by atoms with E-state index in [9.17, 15) is 9.59 Å². The highest BCUT2D eigenvalue weighted by Crippen LogP contribution is 2.18. The summed E-state index contributed by atoms with van der Waals surface area (Å²) < 4.78 is 0. The Morgan fingerprint density at radius 2 is 2.41 bits per heavy atom. The molecule has 0 bridgehead atoms. The van der Waals surface area contributed by atoms with Crippen molar-refractivity contribution in [2.45, 2.75) is 30.7 Å². The number of nitrogens with one attached hydrogen (secondary N) is 2. The van der Waals surface area contributed by atoms with E-state index in [0.29, 0.717) is 11.7 Å². The maximum absolute atomic E-state index is 11.6. The number of rotatable bonds is 5. The number of hydrogen-bond donors (Lipinski definition) is 3. The molecular weight excluding hydrogens is 240 g/mol. The number of carbonyl (C=O) groups excluding carboxylic acids is 1. The van der Waals surface area contributed by atoms with Gasteiger partial charge in [0.25, 0.3) is 5.56 Å². The number of nitrogen functional groups attached to an aromatic ring is 1. The van der Waals surface area contributed by atoms with Crippen molar-refractivity contribution in [3.63, 3.8) is 0 Å². The summed E-state index contributed by atoms with van der Waals surface area (Å²) in [5.41, 5.74) is 5.13. The molecule has 0 saturated heterocycles. The fourth-order valence-electron chi connectivity index (χ4n) is 1.12. The van der Waals surface area contributed by atoms with Gasteiger partial charge < -0.3 is 16.0 Å². The predicted molar refractivity (Wildman–Crippen MR) is 67.9 cm³/mol. The molecule has 0 aliphatic heterocycles. The number of nitrogens with zero attached hydrogens (tertiary/aromatic N) is 1. The first-order valence-corrected chi connectivity index (χ1v) is 6.22. The molecule has 17 heavy (non-hydrogen) atoms. The van der Waals surface area contributed by atoms with Crippen LogP contribution in [0, 0.1) is 0 Å². The molecule has 7 heteroatoms. The number of hydrogen-bond acceptors (Lipinski definition) is 5. The van der Waals surface area contributed by atoms with Gasteiger partial charge in [-0.3, -0.25) is 9.59 Å². The SMILES string of the molecule is CCCNC(=O)C(C)Sc1nc(N)cc(=O)[nH]1. The van der Waals surface area contributed by atoms with Gasteiger partial charge in [0, 0.05) is 12.6 Å². The highest BCUT2D eigenvalue weighted by atomic mass is 32.2. The lowest BCUT2D eigenvalue weighted by Gasteiger charge is -2.10. The average molecular weight is 256 g/mol. The molecule has 1 aromatic heterocycles. The molecule has 1 heterocycles. The van der Waals surface area contributed by atoms with Crippen LogP contribution in [0.2, 0.25) is 0 Å². The Hall–Kier alpha value is -1.50. The minimum Gasteiger partial charge on any atom is -0.383 e. The summed E-state index contributed by atoms with van der Waals surface area (Å²) in [4.78, 5) is 29.2. The molecule has 0 radical (unpaired) electrons. The third kappa shape index (κ3) is 4.48. The fraction of sp³-hybridized carbons (Fsp3) is 0.500. The van der Waals surface area contributed by atoms with Crippen LogP contribution in [-0.2, 0) is 4.79 Å². The molecule has 0 aliphatic carbocycles. The smallest absolute Gasteiger partial charge is 0.253 e. The second-order valence-corrected chi connectivity index (χ2v) is 4.86. The molecule has 1 amide bonds. The molecular formula is C10H16N4O2S. The van der Waals surface area contributed by atoms with Crippen LogP contribution in [0.25, 0.3) is 0 Å². The summed E-state index contributed by atoms with van der Waals surface area (Å²) in [6, 6.07) is 1.20. The number of amides is 1. The molecule has 0 fully saturated rings. The van der Waals surface area contributed by atoms with Crippen molar-refractivity contribution in [1.29, 1.82) is 0 Å². The second kappa shape index (κ2) is 6.29. The van der Waals surface area contributed by atoms with Crippen molar-refractivity contribution in [3.8, 4) is 0 Å². The summed E-state index contributed by atoms with van der Waals surface area (Å²) >= 11 is 1.17. The highest BCUT2D eigenvalue weighted by molar-refractivity contribution is 8.00. The van der Waals surface area contributed by atoms with E-state index in [1.807, 2.05) is 6.92 Å². The van der Waals surface area contributed by atoms with Gasteiger partial charge in [0.05, 0.1) is 5.25 Å². The Bertz CT molecular complexity index is 446. The number of nitrogens with two attached hydrogens (primary N) is 1. The van der Waals surface area contributed by atoms with Crippen LogP contribution >= 0.6 is 11.8 Å². The highest BCUT2D eigenvalue weighted by Gasteiger charge is 2.15. The molecule has 1 rings (SSSR count). The largest absolute Gasteiger partial charge is 0.383 e. The summed E-state index contributed by atoms with van der Waals surface area (Å²) in [5.74, 6) is 0.0688. The number of aromatic amines is 1. The van der Waals surface area contributed by atoms with Gasteiger partial charge in [-0.2, -0.15) is 0 Å². The fourth-order valence-corrected chi connectivity index (χ4v) is 1.96. The zero-order valence-corrected chi connectivity index (χ0v) is 10.6. The van der Waals surface area contributed by atoms with E-state index in [0.717, 1.165) is 6.42 Å². The third-order valence-electron chi connectivity index (χ3n) is 1.95. The summed E-state index contributed by atoms with van der Waals surface area (Å²) in [6.07, 6.45) is 0.885. The lowest BCUT2D eigenvalue weighted by Crippen LogP contribution is -2.31. The minimum absolute atomic E-state index is 0.0816. The van der Waals surface area contributed by atoms with Crippen molar-refractivity contribution >= 4 is 23.5 Å². The van der Waals surface area contributed by atoms with Crippen molar-refractivity contribution in [2.24, 2.45) is 0 Å². The number of H-pyrrole nitrogens is 1. The van der Waals surface area contributed by atoms with Crippen LogP contribution in [0.1, 0.15) is 20.3 Å². The third-order valence-corrected chi connectivity index (χ3v) is 2.93. The van der Waals surface area contributed by atoms with Crippen LogP contribution in [0.15, 0.2) is 16.0 Å². The Balaban J connectivity index is 2.64. The van der Waals surface area contributed by atoms with Crippen molar-refractivity contribution in [1.82, 2.24) is 15.3 Å². The Labute approximate surface area is 103 Å². The van der Waals surface area contributed by atoms with Gasteiger partial charge in [-0.1, -0.05) is 18.7 Å². The topological polar surface area (TPSA) is 101 Å². The molecule has 4 N–H and O–H groups in total. The lowest BCUT2D eigenvalue weighted by molar-refractivity contribution is -0.120. The van der Waals surface area contributed by atoms with Crippen LogP contribution < -0.4 is 16.6 Å². The van der Waals surface area contributed by atoms with E-state index in [1.165, 1.54) is 17.8 Å². The van der Waals surface area contributed by atoms with E-state index < -0.39 is 0 Å². The maximum atomic E-state index is 11.6. The van der Waals surface area contributed by atoms with Crippen LogP contribution in [0.3, 0.4) is 0 Å². The molecule has 1 aromatic rings. The maximum Gasteiger partial charge on any atom is 0.253 e. The molecule has 94 valence electrons. The van der Waals surface area contributed by atoms with E-state index in [-0.39, 0.29) is 22.5 Å². The standard InChI is InChI=1S/C10H16N4O2S/c1-3-4-12-9(16)6(2)17-10-13-7(11)5-8(15)14-10/h5-6H,3-4H2,1-2H3,(H,12,16)(H3,11,13,14,15). The summed E-state index contributed by atoms with van der Waals surface area (Å²) in [5, 5.41) is 2.80. The lowest BCUT2D eigenvalue weighted by atomic mass is 10.4. The van der Waals surface area contributed by atoms with Gasteiger partial charge >= 0.3 is 0 Å². The first-order chi connectivity index (χ1) is 8.02. The van der Waals surface area contributed by atoms with E-state index in [4.69, 9.17) is 5.73 Å². The Morgan fingerprint density at radius 3 is 3.00 bits per heavy atom. The van der Waals surface area contributed by atoms with Gasteiger partial charge in [0.15, 0.2) is 5.16 Å². The number of carbonyl (C=O) groups is 1. The van der Waals surface area contributed by atoms with Crippen LogP contribution in [0.4, 0.5) is 5.82 Å². The molecule has 1 atom stereocenters. The van der Waals surface area contributed by atoms with E-state index in [2.05, 4.69) is 15.3 Å². The molecule has 0 spiro atoms. The quantitative estimate of drug-likeness (QED) is 0.521. The predicted octanol–water partition coefficient (Wildman–Crippen LogP) is 0.359. The number of thioether (sulfide) groups is 1. The Morgan fingerprint density at radius 1 is 1.71 bits per heavy atom. The first-order valence-electron chi connectivity index (χ1n) is 5.34. The van der Waals surface area contributed by atoms with Crippen LogP contribution in [0.5, 0.6) is 0 Å². The van der Waals surface area contributed by atoms with E-state index >= 15 is 0 Å². The molecule has 1 unspecified atom stereocenters. The van der Waals surface area contributed by atoms with Gasteiger partial charge in [-0.05, 0) is 13.3 Å². The van der Waals surface area contributed by atoms with Gasteiger partial charge in [0.2, 0.25) is 5.91 Å². The van der Waals surface area contributed by atoms with Gasteiger partial charge in [-0.15, -0.1) is 0 Å². The van der Waals surface area contributed by atoms with E-state index in [1.54, 1.807) is 6.92 Å². The Kier molecular flexibility index (Phi) is 5.02. The minimum atomic E-state index is -0.327. The number of aromatic nitrogens is 2. The number of anilines is 1. The summed E-state index contributed by atoms with van der Waals surface area (Å²) in [6.45, 7) is 4.37. The second-order valence-electron chi connectivity index (χ2n) is 3.53. The molecule has 0 aromatic carbocycles. The zero-order valence-electron chi connectivity index (χ0n) is 9.82. The zero-order chi connectivity index (χ0) is 12.8. The normalized spacial score (nSPS) is 12.1. The van der Waals surface area contributed by atoms with Crippen molar-refractivity contribution in [2.75, 3.05) is 12.3 Å². The first kappa shape index (κ1) is 13.6. The van der Waals surface area contributed by atoms with Crippen molar-refractivity contribution in [3.05, 3.63) is 16.4 Å². The van der Waals surface area contributed by atoms with Crippen LogP contribution in [-0.4, -0.2) is 27.7 Å². The summed E-state index contributed by atoms with van der Waals surface area (Å²) in [7, 11) is 0.